The van der Waals surface area contributed by atoms with Crippen LogP contribution in [0, 0.1) is 0 Å². The monoisotopic (exact) mass is 381 g/mol. The first-order valence-electron chi connectivity index (χ1n) is 9.78. The fourth-order valence-corrected chi connectivity index (χ4v) is 4.73. The molecule has 0 saturated heterocycles. The summed E-state index contributed by atoms with van der Waals surface area (Å²) in [6.45, 7) is 0. The third-order valence-corrected chi connectivity index (χ3v) is 6.10. The Labute approximate surface area is 168 Å². The van der Waals surface area contributed by atoms with Crippen LogP contribution in [0.3, 0.4) is 0 Å². The molecule has 3 aromatic rings. The number of anilines is 1. The fraction of sp³-hybridized carbons (Fsp3) is 0.167. The Bertz CT molecular complexity index is 1170. The molecule has 0 aromatic heterocycles. The van der Waals surface area contributed by atoms with Gasteiger partial charge in [0.25, 0.3) is 5.91 Å². The van der Waals surface area contributed by atoms with Crippen molar-refractivity contribution >= 4 is 17.3 Å². The number of nitrogens with zero attached hydrogens (tertiary/aromatic N) is 3. The summed E-state index contributed by atoms with van der Waals surface area (Å²) in [6, 6.07) is 25.9. The molecule has 5 heteroatoms. The molecule has 0 unspecified atom stereocenters. The number of carbonyl (C=O) groups is 1. The van der Waals surface area contributed by atoms with Crippen LogP contribution in [-0.4, -0.2) is 23.7 Å². The van der Waals surface area contributed by atoms with E-state index in [0.717, 1.165) is 40.3 Å². The van der Waals surface area contributed by atoms with Crippen molar-refractivity contribution < 1.29 is 9.53 Å². The number of fused-ring (bicyclic) bond motifs is 6. The summed E-state index contributed by atoms with van der Waals surface area (Å²) in [6.07, 6.45) is 0.727. The summed E-state index contributed by atoms with van der Waals surface area (Å²) in [7, 11) is 1.80. The number of hydrogen-bond donors (Lipinski definition) is 0. The maximum atomic E-state index is 13.6. The SMILES string of the molecule is CN1C(=O)[C@]2(Oc3ccccc3[C@H]3CC(c4ccccc4)=NN32)c2ccccc21. The first-order valence-corrected chi connectivity index (χ1v) is 9.78. The third-order valence-electron chi connectivity index (χ3n) is 6.10. The van der Waals surface area contributed by atoms with Crippen LogP contribution < -0.4 is 9.64 Å². The zero-order chi connectivity index (χ0) is 19.6. The molecule has 0 aliphatic carbocycles. The van der Waals surface area contributed by atoms with Crippen LogP contribution in [0.25, 0.3) is 0 Å². The normalized spacial score (nSPS) is 24.1. The van der Waals surface area contributed by atoms with Crippen LogP contribution in [0.4, 0.5) is 5.69 Å². The van der Waals surface area contributed by atoms with Gasteiger partial charge < -0.3 is 9.64 Å². The first-order chi connectivity index (χ1) is 14.2. The van der Waals surface area contributed by atoms with E-state index in [1.165, 1.54) is 0 Å². The Morgan fingerprint density at radius 1 is 0.966 bits per heavy atom. The number of para-hydroxylation sites is 2. The minimum Gasteiger partial charge on any atom is -0.453 e. The molecule has 0 fully saturated rings. The van der Waals surface area contributed by atoms with Crippen LogP contribution in [0.5, 0.6) is 5.75 Å². The molecule has 0 radical (unpaired) electrons. The van der Waals surface area contributed by atoms with Gasteiger partial charge in [0.15, 0.2) is 0 Å². The van der Waals surface area contributed by atoms with E-state index in [-0.39, 0.29) is 11.9 Å². The maximum absolute atomic E-state index is 13.6. The highest BCUT2D eigenvalue weighted by Gasteiger charge is 2.62. The first kappa shape index (κ1) is 16.4. The van der Waals surface area contributed by atoms with Crippen molar-refractivity contribution in [2.45, 2.75) is 18.2 Å². The molecule has 0 bridgehead atoms. The quantitative estimate of drug-likeness (QED) is 0.639. The van der Waals surface area contributed by atoms with Gasteiger partial charge in [0.1, 0.15) is 5.75 Å². The number of ether oxygens (including phenoxy) is 1. The van der Waals surface area contributed by atoms with Gasteiger partial charge >= 0.3 is 5.72 Å². The van der Waals surface area contributed by atoms with Crippen LogP contribution in [0.1, 0.15) is 29.2 Å². The van der Waals surface area contributed by atoms with Crippen LogP contribution in [0.15, 0.2) is 84.0 Å². The lowest BCUT2D eigenvalue weighted by Crippen LogP contribution is -2.56. The molecular formula is C24H19N3O2. The third kappa shape index (κ3) is 2.04. The van der Waals surface area contributed by atoms with Crippen LogP contribution in [-0.2, 0) is 10.5 Å². The molecular weight excluding hydrogens is 362 g/mol. The number of carbonyl (C=O) groups excluding carboxylic acids is 1. The minimum atomic E-state index is -1.28. The smallest absolute Gasteiger partial charge is 0.306 e. The number of amides is 1. The second-order valence-corrected chi connectivity index (χ2v) is 7.64. The number of rotatable bonds is 1. The van der Waals surface area contributed by atoms with Crippen LogP contribution in [0.2, 0.25) is 0 Å². The summed E-state index contributed by atoms with van der Waals surface area (Å²) >= 11 is 0. The molecule has 0 N–H and O–H groups in total. The van der Waals surface area contributed by atoms with E-state index in [2.05, 4.69) is 18.2 Å². The average molecular weight is 381 g/mol. The fourth-order valence-electron chi connectivity index (χ4n) is 4.73. The molecule has 3 heterocycles. The number of hydrogen-bond acceptors (Lipinski definition) is 4. The minimum absolute atomic E-state index is 0.0568. The summed E-state index contributed by atoms with van der Waals surface area (Å²) in [5.74, 6) is 0.632. The largest absolute Gasteiger partial charge is 0.453 e. The van der Waals surface area contributed by atoms with Gasteiger partial charge in [0.2, 0.25) is 0 Å². The lowest BCUT2D eigenvalue weighted by molar-refractivity contribution is -0.163. The Kier molecular flexibility index (Phi) is 3.22. The van der Waals surface area contributed by atoms with E-state index in [9.17, 15) is 4.79 Å². The number of benzene rings is 3. The van der Waals surface area contributed by atoms with E-state index in [4.69, 9.17) is 9.84 Å². The van der Waals surface area contributed by atoms with Crippen molar-refractivity contribution in [3.8, 4) is 5.75 Å². The molecule has 3 aliphatic heterocycles. The number of likely N-dealkylation sites (N-methyl/N-ethyl adjacent to an activating group) is 1. The predicted octanol–water partition coefficient (Wildman–Crippen LogP) is 4.06. The Morgan fingerprint density at radius 3 is 2.55 bits per heavy atom. The Morgan fingerprint density at radius 2 is 1.69 bits per heavy atom. The van der Waals surface area contributed by atoms with Gasteiger partial charge in [0, 0.05) is 19.0 Å². The van der Waals surface area contributed by atoms with Gasteiger partial charge in [-0.05, 0) is 17.7 Å². The van der Waals surface area contributed by atoms with Crippen molar-refractivity contribution in [1.29, 1.82) is 0 Å². The molecule has 29 heavy (non-hydrogen) atoms. The molecule has 3 aromatic carbocycles. The van der Waals surface area contributed by atoms with Gasteiger partial charge in [-0.3, -0.25) is 4.79 Å². The molecule has 5 nitrogen and oxygen atoms in total. The molecule has 3 aliphatic rings. The molecule has 6 rings (SSSR count). The Balaban J connectivity index is 1.60. The van der Waals surface area contributed by atoms with Crippen LogP contribution >= 0.6 is 0 Å². The van der Waals surface area contributed by atoms with E-state index >= 15 is 0 Å². The van der Waals surface area contributed by atoms with E-state index in [0.29, 0.717) is 0 Å². The Hall–Kier alpha value is -3.60. The van der Waals surface area contributed by atoms with E-state index in [1.807, 2.05) is 65.7 Å². The van der Waals surface area contributed by atoms with Crippen molar-refractivity contribution in [3.63, 3.8) is 0 Å². The lowest BCUT2D eigenvalue weighted by atomic mass is 9.92. The van der Waals surface area contributed by atoms with Gasteiger partial charge in [-0.2, -0.15) is 5.10 Å². The standard InChI is InChI=1S/C24H19N3O2/c1-26-20-13-7-6-12-18(20)24(23(26)28)27-21(17-11-5-8-14-22(17)29-24)15-19(25-27)16-9-3-2-4-10-16/h2-14,21H,15H2,1H3/t21-,24-/m1/s1. The van der Waals surface area contributed by atoms with Gasteiger partial charge in [-0.15, -0.1) is 0 Å². The molecule has 142 valence electrons. The van der Waals surface area contributed by atoms with Gasteiger partial charge in [-0.25, -0.2) is 5.01 Å². The van der Waals surface area contributed by atoms with Crippen molar-refractivity contribution in [2.75, 3.05) is 11.9 Å². The van der Waals surface area contributed by atoms with Gasteiger partial charge in [-0.1, -0.05) is 66.7 Å². The summed E-state index contributed by atoms with van der Waals surface area (Å²) in [5, 5.41) is 6.87. The zero-order valence-corrected chi connectivity index (χ0v) is 15.9. The second-order valence-electron chi connectivity index (χ2n) is 7.64. The lowest BCUT2D eigenvalue weighted by Gasteiger charge is -2.44. The highest BCUT2D eigenvalue weighted by Crippen LogP contribution is 2.55. The number of hydrazone groups is 1. The topological polar surface area (TPSA) is 45.1 Å². The average Bonchev–Trinajstić information content (AvgIpc) is 3.31. The highest BCUT2D eigenvalue weighted by molar-refractivity contribution is 6.08. The van der Waals surface area contributed by atoms with E-state index in [1.54, 1.807) is 11.9 Å². The van der Waals surface area contributed by atoms with Crippen molar-refractivity contribution in [3.05, 3.63) is 95.6 Å². The van der Waals surface area contributed by atoms with Gasteiger partial charge in [0.05, 0.1) is 23.0 Å². The summed E-state index contributed by atoms with van der Waals surface area (Å²) < 4.78 is 6.52. The zero-order valence-electron chi connectivity index (χ0n) is 15.9. The van der Waals surface area contributed by atoms with E-state index < -0.39 is 5.72 Å². The molecule has 1 spiro atoms. The van der Waals surface area contributed by atoms with Crippen molar-refractivity contribution in [2.24, 2.45) is 5.10 Å². The second kappa shape index (κ2) is 5.70. The molecule has 1 amide bonds. The highest BCUT2D eigenvalue weighted by atomic mass is 16.5. The predicted molar refractivity (Wildman–Crippen MR) is 111 cm³/mol. The molecule has 0 saturated carbocycles. The molecule has 2 atom stereocenters. The summed E-state index contributed by atoms with van der Waals surface area (Å²) in [4.78, 5) is 15.3. The summed E-state index contributed by atoms with van der Waals surface area (Å²) in [5.41, 5.74) is 3.52. The van der Waals surface area contributed by atoms with Crippen molar-refractivity contribution in [1.82, 2.24) is 5.01 Å². The maximum Gasteiger partial charge on any atom is 0.306 e.